The molecule has 112 valence electrons. The number of nitrogens with one attached hydrogen (secondary N) is 1. The van der Waals surface area contributed by atoms with Crippen LogP contribution < -0.4 is 5.32 Å². The van der Waals surface area contributed by atoms with Crippen LogP contribution in [-0.2, 0) is 5.41 Å². The van der Waals surface area contributed by atoms with Crippen molar-refractivity contribution in [3.8, 4) is 5.75 Å². The predicted molar refractivity (Wildman–Crippen MR) is 84.7 cm³/mol. The number of phenolic OH excluding ortho intramolecular Hbond substituents is 1. The Balaban J connectivity index is 2.43. The molecule has 0 aliphatic heterocycles. The van der Waals surface area contributed by atoms with Gasteiger partial charge in [0.2, 0.25) is 16.5 Å². The van der Waals surface area contributed by atoms with Gasteiger partial charge in [0.05, 0.1) is 0 Å². The molecule has 5 nitrogen and oxygen atoms in total. The number of hydrogen-bond donors (Lipinski definition) is 2. The fourth-order valence-electron chi connectivity index (χ4n) is 1.93. The lowest BCUT2D eigenvalue weighted by atomic mass is 9.85. The Kier molecular flexibility index (Phi) is 4.25. The van der Waals surface area contributed by atoms with Gasteiger partial charge in [0.15, 0.2) is 0 Å². The first kappa shape index (κ1) is 15.8. The van der Waals surface area contributed by atoms with Gasteiger partial charge in [0.1, 0.15) is 5.75 Å². The maximum atomic E-state index is 10.2. The first-order chi connectivity index (χ1) is 9.66. The van der Waals surface area contributed by atoms with Gasteiger partial charge in [0, 0.05) is 11.3 Å². The molecule has 0 unspecified atom stereocenters. The molecule has 0 aliphatic rings. The second kappa shape index (κ2) is 5.66. The number of rotatable bonds is 2. The summed E-state index contributed by atoms with van der Waals surface area (Å²) in [7, 11) is 0. The Bertz CT molecular complexity index is 663. The second-order valence-electron chi connectivity index (χ2n) is 5.76. The van der Waals surface area contributed by atoms with E-state index < -0.39 is 0 Å². The SMILES string of the molecule is Cc1cc(Nc2nc(Cl)nc(Cl)n2)cc(C(C)(C)C)c1O. The minimum atomic E-state index is -0.194. The van der Waals surface area contributed by atoms with Crippen LogP contribution in [0.1, 0.15) is 31.9 Å². The number of hydrogen-bond acceptors (Lipinski definition) is 5. The van der Waals surface area contributed by atoms with Crippen LogP contribution in [0.25, 0.3) is 0 Å². The molecule has 21 heavy (non-hydrogen) atoms. The van der Waals surface area contributed by atoms with E-state index in [9.17, 15) is 5.11 Å². The summed E-state index contributed by atoms with van der Waals surface area (Å²) in [6.45, 7) is 7.93. The third-order valence-electron chi connectivity index (χ3n) is 2.95. The summed E-state index contributed by atoms with van der Waals surface area (Å²) in [6.07, 6.45) is 0. The van der Waals surface area contributed by atoms with Crippen molar-refractivity contribution in [2.45, 2.75) is 33.1 Å². The molecular formula is C14H16Cl2N4O. The van der Waals surface area contributed by atoms with Crippen LogP contribution >= 0.6 is 23.2 Å². The van der Waals surface area contributed by atoms with E-state index in [0.717, 1.165) is 16.8 Å². The summed E-state index contributed by atoms with van der Waals surface area (Å²) in [6, 6.07) is 3.66. The predicted octanol–water partition coefficient (Wildman–Crippen LogP) is 4.23. The maximum Gasteiger partial charge on any atom is 0.232 e. The van der Waals surface area contributed by atoms with Gasteiger partial charge in [-0.2, -0.15) is 15.0 Å². The number of aryl methyl sites for hydroxylation is 1. The topological polar surface area (TPSA) is 70.9 Å². The molecule has 1 aromatic heterocycles. The van der Waals surface area contributed by atoms with Gasteiger partial charge in [-0.3, -0.25) is 0 Å². The quantitative estimate of drug-likeness (QED) is 0.808. The molecule has 0 amide bonds. The summed E-state index contributed by atoms with van der Waals surface area (Å²) >= 11 is 11.5. The Hall–Kier alpha value is -1.59. The highest BCUT2D eigenvalue weighted by Gasteiger charge is 2.20. The fourth-order valence-corrected chi connectivity index (χ4v) is 2.30. The maximum absolute atomic E-state index is 10.2. The molecule has 0 saturated heterocycles. The molecular weight excluding hydrogens is 311 g/mol. The third kappa shape index (κ3) is 3.74. The van der Waals surface area contributed by atoms with Crippen LogP contribution in [0.3, 0.4) is 0 Å². The van der Waals surface area contributed by atoms with E-state index in [0.29, 0.717) is 5.75 Å². The van der Waals surface area contributed by atoms with Crippen molar-refractivity contribution >= 4 is 34.8 Å². The second-order valence-corrected chi connectivity index (χ2v) is 6.44. The van der Waals surface area contributed by atoms with Crippen LogP contribution in [0.4, 0.5) is 11.6 Å². The molecule has 1 aromatic carbocycles. The van der Waals surface area contributed by atoms with Crippen LogP contribution in [0.15, 0.2) is 12.1 Å². The van der Waals surface area contributed by atoms with Gasteiger partial charge in [-0.05, 0) is 53.2 Å². The lowest BCUT2D eigenvalue weighted by Crippen LogP contribution is -2.12. The average Bonchev–Trinajstić information content (AvgIpc) is 2.30. The Morgan fingerprint density at radius 3 is 2.14 bits per heavy atom. The smallest absolute Gasteiger partial charge is 0.232 e. The standard InChI is InChI=1S/C14H16Cl2N4O/c1-7-5-8(6-9(10(7)21)14(2,3)4)17-13-19-11(15)18-12(16)20-13/h5-6,21H,1-4H3,(H,17,18,19,20). The van der Waals surface area contributed by atoms with E-state index in [2.05, 4.69) is 20.3 Å². The normalized spacial score (nSPS) is 11.5. The minimum absolute atomic E-state index is 0.0176. The van der Waals surface area contributed by atoms with E-state index in [1.807, 2.05) is 33.8 Å². The van der Waals surface area contributed by atoms with E-state index in [4.69, 9.17) is 23.2 Å². The number of halogens is 2. The third-order valence-corrected chi connectivity index (χ3v) is 3.28. The van der Waals surface area contributed by atoms with Crippen LogP contribution in [-0.4, -0.2) is 20.1 Å². The van der Waals surface area contributed by atoms with Crippen LogP contribution in [0.2, 0.25) is 10.6 Å². The van der Waals surface area contributed by atoms with E-state index in [-0.39, 0.29) is 21.9 Å². The number of nitrogens with zero attached hydrogens (tertiary/aromatic N) is 3. The van der Waals surface area contributed by atoms with Gasteiger partial charge >= 0.3 is 0 Å². The molecule has 2 rings (SSSR count). The summed E-state index contributed by atoms with van der Waals surface area (Å²) in [5.41, 5.74) is 2.14. The van der Waals surface area contributed by atoms with E-state index in [1.54, 1.807) is 6.07 Å². The largest absolute Gasteiger partial charge is 0.507 e. The molecule has 0 fully saturated rings. The van der Waals surface area contributed by atoms with E-state index in [1.165, 1.54) is 0 Å². The van der Waals surface area contributed by atoms with Crippen molar-refractivity contribution in [2.24, 2.45) is 0 Å². The number of aromatic nitrogens is 3. The number of phenols is 1. The van der Waals surface area contributed by atoms with Crippen LogP contribution in [0.5, 0.6) is 5.75 Å². The monoisotopic (exact) mass is 326 g/mol. The van der Waals surface area contributed by atoms with Gasteiger partial charge in [-0.15, -0.1) is 0 Å². The molecule has 1 heterocycles. The van der Waals surface area contributed by atoms with Crippen molar-refractivity contribution in [3.05, 3.63) is 33.8 Å². The zero-order valence-corrected chi connectivity index (χ0v) is 13.7. The van der Waals surface area contributed by atoms with Crippen molar-refractivity contribution in [1.82, 2.24) is 15.0 Å². The number of aromatic hydroxyl groups is 1. The van der Waals surface area contributed by atoms with Crippen LogP contribution in [0, 0.1) is 6.92 Å². The first-order valence-corrected chi connectivity index (χ1v) is 7.10. The molecule has 2 aromatic rings. The highest BCUT2D eigenvalue weighted by atomic mass is 35.5. The molecule has 0 spiro atoms. The van der Waals surface area contributed by atoms with Gasteiger partial charge in [-0.25, -0.2) is 0 Å². The lowest BCUT2D eigenvalue weighted by molar-refractivity contribution is 0.443. The average molecular weight is 327 g/mol. The highest BCUT2D eigenvalue weighted by Crippen LogP contribution is 2.36. The Labute approximate surface area is 133 Å². The highest BCUT2D eigenvalue weighted by molar-refractivity contribution is 6.31. The van der Waals surface area contributed by atoms with Crippen molar-refractivity contribution in [3.63, 3.8) is 0 Å². The molecule has 0 bridgehead atoms. The first-order valence-electron chi connectivity index (χ1n) is 6.35. The molecule has 7 heteroatoms. The van der Waals surface area contributed by atoms with Gasteiger partial charge < -0.3 is 10.4 Å². The van der Waals surface area contributed by atoms with Crippen molar-refractivity contribution < 1.29 is 5.11 Å². The summed E-state index contributed by atoms with van der Waals surface area (Å²) in [5.74, 6) is 0.546. The Morgan fingerprint density at radius 1 is 1.05 bits per heavy atom. The van der Waals surface area contributed by atoms with E-state index >= 15 is 0 Å². The molecule has 2 N–H and O–H groups in total. The van der Waals surface area contributed by atoms with Gasteiger partial charge in [0.25, 0.3) is 0 Å². The van der Waals surface area contributed by atoms with Gasteiger partial charge in [-0.1, -0.05) is 20.8 Å². The molecule has 0 radical (unpaired) electrons. The zero-order chi connectivity index (χ0) is 15.8. The summed E-state index contributed by atoms with van der Waals surface area (Å²) < 4.78 is 0. The lowest BCUT2D eigenvalue weighted by Gasteiger charge is -2.22. The zero-order valence-electron chi connectivity index (χ0n) is 12.2. The number of benzene rings is 1. The molecule has 0 saturated carbocycles. The van der Waals surface area contributed by atoms with Crippen molar-refractivity contribution in [1.29, 1.82) is 0 Å². The van der Waals surface area contributed by atoms with Crippen molar-refractivity contribution in [2.75, 3.05) is 5.32 Å². The molecule has 0 aliphatic carbocycles. The fraction of sp³-hybridized carbons (Fsp3) is 0.357. The Morgan fingerprint density at radius 2 is 1.62 bits per heavy atom. The molecule has 0 atom stereocenters. The summed E-state index contributed by atoms with van der Waals surface area (Å²) in [4.78, 5) is 11.6. The number of anilines is 2. The minimum Gasteiger partial charge on any atom is -0.507 e. The summed E-state index contributed by atoms with van der Waals surface area (Å²) in [5, 5.41) is 13.3.